The number of thiazole rings is 1. The zero-order valence-electron chi connectivity index (χ0n) is 12.5. The molecule has 0 saturated carbocycles. The largest absolute Gasteiger partial charge is 0.491 e. The summed E-state index contributed by atoms with van der Waals surface area (Å²) >= 11 is 1.75. The molecule has 0 saturated heterocycles. The molecule has 21 heavy (non-hydrogen) atoms. The summed E-state index contributed by atoms with van der Waals surface area (Å²) in [4.78, 5) is 8.14. The van der Waals surface area contributed by atoms with Crippen molar-refractivity contribution in [2.75, 3.05) is 18.1 Å². The minimum Gasteiger partial charge on any atom is -0.491 e. The van der Waals surface area contributed by atoms with Gasteiger partial charge in [-0.1, -0.05) is 26.0 Å². The molecular formula is C16H21N3OS. The predicted molar refractivity (Wildman–Crippen MR) is 87.6 cm³/mol. The molecule has 1 aromatic carbocycles. The number of rotatable bonds is 4. The maximum Gasteiger partial charge on any atom is 0.190 e. The van der Waals surface area contributed by atoms with Crippen LogP contribution in [-0.2, 0) is 6.54 Å². The van der Waals surface area contributed by atoms with Crippen LogP contribution in [0.2, 0.25) is 0 Å². The summed E-state index contributed by atoms with van der Waals surface area (Å²) in [6.45, 7) is 6.90. The second kappa shape index (κ2) is 6.45. The lowest BCUT2D eigenvalue weighted by Crippen LogP contribution is -2.21. The number of fused-ring (bicyclic) bond motifs is 1. The number of hydrogen-bond donors (Lipinski definition) is 1. The Labute approximate surface area is 129 Å². The van der Waals surface area contributed by atoms with E-state index >= 15 is 0 Å². The molecule has 0 spiro atoms. The van der Waals surface area contributed by atoms with Gasteiger partial charge in [-0.2, -0.15) is 0 Å². The topological polar surface area (TPSA) is 37.4 Å². The van der Waals surface area contributed by atoms with E-state index in [-0.39, 0.29) is 0 Å². The van der Waals surface area contributed by atoms with Crippen LogP contribution in [0.15, 0.2) is 30.5 Å². The van der Waals surface area contributed by atoms with Crippen LogP contribution in [0.1, 0.15) is 25.1 Å². The Bertz CT molecular complexity index is 597. The summed E-state index contributed by atoms with van der Waals surface area (Å²) in [6, 6.07) is 8.69. The van der Waals surface area contributed by atoms with Crippen LogP contribution < -0.4 is 15.0 Å². The molecule has 0 aliphatic carbocycles. The monoisotopic (exact) mass is 303 g/mol. The van der Waals surface area contributed by atoms with E-state index in [1.807, 2.05) is 18.3 Å². The summed E-state index contributed by atoms with van der Waals surface area (Å²) in [5.41, 5.74) is 1.12. The van der Waals surface area contributed by atoms with E-state index in [4.69, 9.17) is 4.74 Å². The van der Waals surface area contributed by atoms with Gasteiger partial charge in [-0.05, 0) is 18.6 Å². The Kier molecular flexibility index (Phi) is 4.41. The van der Waals surface area contributed by atoms with E-state index in [9.17, 15) is 0 Å². The zero-order valence-corrected chi connectivity index (χ0v) is 13.3. The summed E-state index contributed by atoms with van der Waals surface area (Å²) in [5, 5.41) is 4.49. The van der Waals surface area contributed by atoms with Crippen molar-refractivity contribution in [3.05, 3.63) is 35.3 Å². The van der Waals surface area contributed by atoms with E-state index in [0.29, 0.717) is 6.04 Å². The lowest BCUT2D eigenvalue weighted by molar-refractivity contribution is 0.322. The molecule has 0 fully saturated rings. The molecule has 3 rings (SSSR count). The second-order valence-corrected chi connectivity index (χ2v) is 6.56. The first kappa shape index (κ1) is 14.4. The molecular weight excluding hydrogens is 282 g/mol. The zero-order chi connectivity index (χ0) is 14.7. The molecule has 2 heterocycles. The molecule has 4 nitrogen and oxygen atoms in total. The van der Waals surface area contributed by atoms with Gasteiger partial charge in [0.05, 0.1) is 12.3 Å². The van der Waals surface area contributed by atoms with Gasteiger partial charge < -0.3 is 15.0 Å². The first-order valence-corrected chi connectivity index (χ1v) is 8.23. The van der Waals surface area contributed by atoms with Crippen molar-refractivity contribution in [3.8, 4) is 5.75 Å². The third kappa shape index (κ3) is 3.36. The molecule has 1 aliphatic heterocycles. The molecule has 2 aromatic rings. The molecule has 0 amide bonds. The van der Waals surface area contributed by atoms with E-state index < -0.39 is 0 Å². The SMILES string of the molecule is CC(C)NCc1cnc(N2CCCOc3ccccc32)s1. The first-order valence-electron chi connectivity index (χ1n) is 7.41. The van der Waals surface area contributed by atoms with Gasteiger partial charge in [0.1, 0.15) is 5.75 Å². The lowest BCUT2D eigenvalue weighted by Gasteiger charge is -2.20. The Morgan fingerprint density at radius 2 is 2.24 bits per heavy atom. The highest BCUT2D eigenvalue weighted by Crippen LogP contribution is 2.37. The summed E-state index contributed by atoms with van der Waals surface area (Å²) in [6.07, 6.45) is 2.98. The molecule has 112 valence electrons. The fourth-order valence-corrected chi connectivity index (χ4v) is 3.24. The molecule has 1 aliphatic rings. The van der Waals surface area contributed by atoms with Crippen molar-refractivity contribution < 1.29 is 4.74 Å². The lowest BCUT2D eigenvalue weighted by atomic mass is 10.2. The number of para-hydroxylation sites is 2. The number of hydrogen-bond acceptors (Lipinski definition) is 5. The number of aromatic nitrogens is 1. The molecule has 0 bridgehead atoms. The number of nitrogens with one attached hydrogen (secondary N) is 1. The second-order valence-electron chi connectivity index (χ2n) is 5.47. The summed E-state index contributed by atoms with van der Waals surface area (Å²) < 4.78 is 5.81. The third-order valence-corrected chi connectivity index (χ3v) is 4.42. The van der Waals surface area contributed by atoms with Crippen molar-refractivity contribution in [1.82, 2.24) is 10.3 Å². The quantitative estimate of drug-likeness (QED) is 0.937. The Morgan fingerprint density at radius 3 is 3.10 bits per heavy atom. The van der Waals surface area contributed by atoms with E-state index in [0.717, 1.165) is 42.7 Å². The van der Waals surface area contributed by atoms with Crippen LogP contribution >= 0.6 is 11.3 Å². The van der Waals surface area contributed by atoms with Crippen molar-refractivity contribution in [2.45, 2.75) is 32.9 Å². The average molecular weight is 303 g/mol. The van der Waals surface area contributed by atoms with Gasteiger partial charge in [0.25, 0.3) is 0 Å². The fourth-order valence-electron chi connectivity index (χ4n) is 2.33. The maximum atomic E-state index is 5.81. The number of nitrogens with zero attached hydrogens (tertiary/aromatic N) is 2. The Hall–Kier alpha value is -1.59. The van der Waals surface area contributed by atoms with Crippen LogP contribution in [0.4, 0.5) is 10.8 Å². The molecule has 1 aromatic heterocycles. The van der Waals surface area contributed by atoms with Crippen LogP contribution in [0.3, 0.4) is 0 Å². The predicted octanol–water partition coefficient (Wildman–Crippen LogP) is 3.56. The number of anilines is 2. The van der Waals surface area contributed by atoms with Gasteiger partial charge in [0, 0.05) is 30.2 Å². The summed E-state index contributed by atoms with van der Waals surface area (Å²) in [5.74, 6) is 0.951. The smallest absolute Gasteiger partial charge is 0.190 e. The van der Waals surface area contributed by atoms with Gasteiger partial charge in [-0.15, -0.1) is 11.3 Å². The van der Waals surface area contributed by atoms with Crippen LogP contribution in [0.5, 0.6) is 5.75 Å². The number of ether oxygens (including phenoxy) is 1. The minimum atomic E-state index is 0.489. The summed E-state index contributed by atoms with van der Waals surface area (Å²) in [7, 11) is 0. The highest BCUT2D eigenvalue weighted by atomic mass is 32.1. The minimum absolute atomic E-state index is 0.489. The standard InChI is InChI=1S/C16H21N3OS/c1-12(2)17-10-13-11-18-16(21-13)19-8-5-9-20-15-7-4-3-6-14(15)19/h3-4,6-7,11-12,17H,5,8-10H2,1-2H3. The van der Waals surface area contributed by atoms with E-state index in [2.05, 4.69) is 41.2 Å². The number of benzene rings is 1. The van der Waals surface area contributed by atoms with Crippen molar-refractivity contribution in [3.63, 3.8) is 0 Å². The van der Waals surface area contributed by atoms with Gasteiger partial charge in [0.15, 0.2) is 5.13 Å². The molecule has 0 radical (unpaired) electrons. The van der Waals surface area contributed by atoms with Gasteiger partial charge in [-0.3, -0.25) is 0 Å². The van der Waals surface area contributed by atoms with Crippen LogP contribution in [0, 0.1) is 0 Å². The van der Waals surface area contributed by atoms with Gasteiger partial charge >= 0.3 is 0 Å². The molecule has 0 atom stereocenters. The Morgan fingerprint density at radius 1 is 1.38 bits per heavy atom. The van der Waals surface area contributed by atoms with Crippen molar-refractivity contribution in [1.29, 1.82) is 0 Å². The third-order valence-electron chi connectivity index (χ3n) is 3.40. The first-order chi connectivity index (χ1) is 10.2. The van der Waals surface area contributed by atoms with E-state index in [1.54, 1.807) is 11.3 Å². The highest BCUT2D eigenvalue weighted by molar-refractivity contribution is 7.15. The molecule has 1 N–H and O–H groups in total. The van der Waals surface area contributed by atoms with Crippen LogP contribution in [0.25, 0.3) is 0 Å². The maximum absolute atomic E-state index is 5.81. The average Bonchev–Trinajstić information content (AvgIpc) is 2.84. The van der Waals surface area contributed by atoms with E-state index in [1.165, 1.54) is 4.88 Å². The highest BCUT2D eigenvalue weighted by Gasteiger charge is 2.19. The normalized spacial score (nSPS) is 14.7. The molecule has 0 unspecified atom stereocenters. The molecule has 5 heteroatoms. The van der Waals surface area contributed by atoms with Crippen molar-refractivity contribution >= 4 is 22.2 Å². The Balaban J connectivity index is 1.83. The van der Waals surface area contributed by atoms with Gasteiger partial charge in [0.2, 0.25) is 0 Å². The van der Waals surface area contributed by atoms with Gasteiger partial charge in [-0.25, -0.2) is 4.98 Å². The van der Waals surface area contributed by atoms with Crippen molar-refractivity contribution in [2.24, 2.45) is 0 Å². The van der Waals surface area contributed by atoms with Crippen LogP contribution in [-0.4, -0.2) is 24.2 Å². The fraction of sp³-hybridized carbons (Fsp3) is 0.438.